The van der Waals surface area contributed by atoms with Crippen LogP contribution in [0.4, 0.5) is 11.9 Å². The van der Waals surface area contributed by atoms with Gasteiger partial charge in [-0.25, -0.2) is 15.0 Å². The highest BCUT2D eigenvalue weighted by molar-refractivity contribution is 5.86. The first-order valence-corrected chi connectivity index (χ1v) is 12.1. The van der Waals surface area contributed by atoms with Crippen molar-refractivity contribution in [2.75, 3.05) is 45.8 Å². The Balaban J connectivity index is 1.35. The Morgan fingerprint density at radius 3 is 2.50 bits per heavy atom. The molecule has 1 aliphatic heterocycles. The number of hydrogen-bond acceptors (Lipinski definition) is 9. The van der Waals surface area contributed by atoms with E-state index in [1.54, 1.807) is 32.4 Å². The van der Waals surface area contributed by atoms with Crippen LogP contribution >= 0.6 is 0 Å². The van der Waals surface area contributed by atoms with Crippen LogP contribution in [0.15, 0.2) is 35.1 Å². The van der Waals surface area contributed by atoms with Gasteiger partial charge in [0.1, 0.15) is 12.4 Å². The Labute approximate surface area is 208 Å². The fourth-order valence-electron chi connectivity index (χ4n) is 4.51. The zero-order valence-electron chi connectivity index (χ0n) is 20.8. The third-order valence-electron chi connectivity index (χ3n) is 6.42. The van der Waals surface area contributed by atoms with Crippen molar-refractivity contribution in [2.45, 2.75) is 26.2 Å². The quantitative estimate of drug-likeness (QED) is 0.381. The molecule has 3 heterocycles. The van der Waals surface area contributed by atoms with E-state index in [1.165, 1.54) is 19.3 Å². The number of H-pyrrole nitrogens is 1. The van der Waals surface area contributed by atoms with Crippen molar-refractivity contribution < 1.29 is 14.2 Å². The minimum atomic E-state index is -0.270. The SMILES string of the molecule is COc1cc2nc(Nc3nc4ccc(OCCN5CCCCC5)cc4c(=O)[nH]3)nc(C)c2cc1OC. The Morgan fingerprint density at radius 1 is 0.944 bits per heavy atom. The first kappa shape index (κ1) is 23.8. The third-order valence-corrected chi connectivity index (χ3v) is 6.42. The molecule has 5 rings (SSSR count). The van der Waals surface area contributed by atoms with E-state index in [0.29, 0.717) is 46.2 Å². The van der Waals surface area contributed by atoms with E-state index >= 15 is 0 Å². The van der Waals surface area contributed by atoms with Crippen LogP contribution in [-0.4, -0.2) is 65.3 Å². The van der Waals surface area contributed by atoms with Crippen LogP contribution < -0.4 is 25.1 Å². The molecule has 0 bridgehead atoms. The van der Waals surface area contributed by atoms with Crippen LogP contribution in [0.2, 0.25) is 0 Å². The van der Waals surface area contributed by atoms with Gasteiger partial charge in [0.05, 0.1) is 36.3 Å². The molecule has 0 spiro atoms. The zero-order valence-corrected chi connectivity index (χ0v) is 20.8. The monoisotopic (exact) mass is 490 g/mol. The van der Waals surface area contributed by atoms with Crippen LogP contribution in [0.5, 0.6) is 17.2 Å². The molecule has 2 aromatic heterocycles. The molecule has 1 saturated heterocycles. The van der Waals surface area contributed by atoms with Gasteiger partial charge >= 0.3 is 0 Å². The number of aromatic amines is 1. The molecular weight excluding hydrogens is 460 g/mol. The second kappa shape index (κ2) is 10.4. The number of hydrogen-bond donors (Lipinski definition) is 2. The van der Waals surface area contributed by atoms with Gasteiger partial charge in [-0.3, -0.25) is 20.0 Å². The average molecular weight is 491 g/mol. The molecule has 4 aromatic rings. The van der Waals surface area contributed by atoms with E-state index in [4.69, 9.17) is 14.2 Å². The molecule has 1 fully saturated rings. The van der Waals surface area contributed by atoms with Crippen molar-refractivity contribution in [2.24, 2.45) is 0 Å². The van der Waals surface area contributed by atoms with Gasteiger partial charge < -0.3 is 14.2 Å². The number of rotatable bonds is 8. The summed E-state index contributed by atoms with van der Waals surface area (Å²) in [5.74, 6) is 2.40. The molecule has 0 unspecified atom stereocenters. The molecule has 188 valence electrons. The number of piperidine rings is 1. The van der Waals surface area contributed by atoms with Gasteiger partial charge in [0, 0.05) is 18.0 Å². The molecule has 0 amide bonds. The highest BCUT2D eigenvalue weighted by Gasteiger charge is 2.13. The van der Waals surface area contributed by atoms with Crippen molar-refractivity contribution >= 4 is 33.7 Å². The second-order valence-corrected chi connectivity index (χ2v) is 8.83. The van der Waals surface area contributed by atoms with Crippen molar-refractivity contribution in [3.8, 4) is 17.2 Å². The van der Waals surface area contributed by atoms with Crippen LogP contribution in [0.1, 0.15) is 25.0 Å². The third kappa shape index (κ3) is 5.03. The summed E-state index contributed by atoms with van der Waals surface area (Å²) in [6.45, 7) is 5.61. The van der Waals surface area contributed by atoms with Crippen molar-refractivity contribution in [3.63, 3.8) is 0 Å². The molecule has 1 aliphatic rings. The van der Waals surface area contributed by atoms with Gasteiger partial charge in [-0.1, -0.05) is 6.42 Å². The fraction of sp³-hybridized carbons (Fsp3) is 0.385. The maximum atomic E-state index is 12.8. The predicted octanol–water partition coefficient (Wildman–Crippen LogP) is 3.80. The van der Waals surface area contributed by atoms with E-state index in [-0.39, 0.29) is 11.5 Å². The number of nitrogens with one attached hydrogen (secondary N) is 2. The van der Waals surface area contributed by atoms with Crippen LogP contribution in [0, 0.1) is 6.92 Å². The van der Waals surface area contributed by atoms with Gasteiger partial charge in [-0.05, 0) is 57.1 Å². The minimum Gasteiger partial charge on any atom is -0.493 e. The lowest BCUT2D eigenvalue weighted by molar-refractivity contribution is 0.183. The van der Waals surface area contributed by atoms with E-state index in [0.717, 1.165) is 30.7 Å². The summed E-state index contributed by atoms with van der Waals surface area (Å²) in [6.07, 6.45) is 3.81. The number of likely N-dealkylation sites (tertiary alicyclic amines) is 1. The predicted molar refractivity (Wildman–Crippen MR) is 139 cm³/mol. The van der Waals surface area contributed by atoms with Gasteiger partial charge in [0.25, 0.3) is 5.56 Å². The molecule has 0 atom stereocenters. The lowest BCUT2D eigenvalue weighted by atomic mass is 10.1. The number of anilines is 2. The summed E-state index contributed by atoms with van der Waals surface area (Å²) in [4.78, 5) is 31.6. The second-order valence-electron chi connectivity index (χ2n) is 8.83. The highest BCUT2D eigenvalue weighted by atomic mass is 16.5. The topological polar surface area (TPSA) is 114 Å². The van der Waals surface area contributed by atoms with Crippen molar-refractivity contribution in [1.29, 1.82) is 0 Å². The molecule has 0 saturated carbocycles. The Hall–Kier alpha value is -3.92. The number of benzene rings is 2. The molecule has 2 N–H and O–H groups in total. The van der Waals surface area contributed by atoms with Crippen molar-refractivity contribution in [3.05, 3.63) is 46.4 Å². The number of aryl methyl sites for hydroxylation is 1. The Kier molecular flexibility index (Phi) is 6.86. The summed E-state index contributed by atoms with van der Waals surface area (Å²) < 4.78 is 16.7. The maximum Gasteiger partial charge on any atom is 0.260 e. The van der Waals surface area contributed by atoms with Crippen molar-refractivity contribution in [1.82, 2.24) is 24.8 Å². The number of aromatic nitrogens is 4. The summed E-state index contributed by atoms with van der Waals surface area (Å²) in [5, 5.41) is 4.32. The number of nitrogens with zero attached hydrogens (tertiary/aromatic N) is 4. The largest absolute Gasteiger partial charge is 0.493 e. The lowest BCUT2D eigenvalue weighted by Crippen LogP contribution is -2.33. The summed E-state index contributed by atoms with van der Waals surface area (Å²) in [6, 6.07) is 8.99. The zero-order chi connectivity index (χ0) is 25.1. The van der Waals surface area contributed by atoms with E-state index in [1.807, 2.05) is 19.1 Å². The summed E-state index contributed by atoms with van der Waals surface area (Å²) >= 11 is 0. The van der Waals surface area contributed by atoms with E-state index in [9.17, 15) is 4.79 Å². The van der Waals surface area contributed by atoms with Crippen LogP contribution in [0.25, 0.3) is 21.8 Å². The molecule has 0 radical (unpaired) electrons. The van der Waals surface area contributed by atoms with Gasteiger partial charge in [-0.2, -0.15) is 0 Å². The molecular formula is C26H30N6O4. The number of methoxy groups -OCH3 is 2. The summed E-state index contributed by atoms with van der Waals surface area (Å²) in [5.41, 5.74) is 1.71. The first-order valence-electron chi connectivity index (χ1n) is 12.1. The molecule has 10 nitrogen and oxygen atoms in total. The lowest BCUT2D eigenvalue weighted by Gasteiger charge is -2.26. The molecule has 0 aliphatic carbocycles. The molecule has 2 aromatic carbocycles. The van der Waals surface area contributed by atoms with Gasteiger partial charge in [-0.15, -0.1) is 0 Å². The minimum absolute atomic E-state index is 0.255. The standard InChI is InChI=1S/C26H30N6O4/c1-16-18-14-22(34-2)23(35-3)15-21(18)29-25(27-16)31-26-28-20-8-7-17(13-19(20)24(33)30-26)36-12-11-32-9-5-4-6-10-32/h7-8,13-15H,4-6,9-12H2,1-3H3,(H2,27,28,29,30,31,33). The number of fused-ring (bicyclic) bond motifs is 2. The molecule has 10 heteroatoms. The normalized spacial score (nSPS) is 14.2. The van der Waals surface area contributed by atoms with E-state index in [2.05, 4.69) is 30.2 Å². The Morgan fingerprint density at radius 2 is 1.72 bits per heavy atom. The first-order chi connectivity index (χ1) is 17.5. The van der Waals surface area contributed by atoms with Gasteiger partial charge in [0.2, 0.25) is 11.9 Å². The van der Waals surface area contributed by atoms with Gasteiger partial charge in [0.15, 0.2) is 11.5 Å². The number of ether oxygens (including phenoxy) is 3. The summed E-state index contributed by atoms with van der Waals surface area (Å²) in [7, 11) is 3.16. The fourth-order valence-corrected chi connectivity index (χ4v) is 4.51. The average Bonchev–Trinajstić information content (AvgIpc) is 2.89. The van der Waals surface area contributed by atoms with Crippen LogP contribution in [0.3, 0.4) is 0 Å². The molecule has 36 heavy (non-hydrogen) atoms. The smallest absolute Gasteiger partial charge is 0.260 e. The van der Waals surface area contributed by atoms with Crippen LogP contribution in [-0.2, 0) is 0 Å². The highest BCUT2D eigenvalue weighted by Crippen LogP contribution is 2.33. The maximum absolute atomic E-state index is 12.8. The van der Waals surface area contributed by atoms with E-state index < -0.39 is 0 Å². The Bertz CT molecular complexity index is 1450.